The van der Waals surface area contributed by atoms with Crippen LogP contribution < -0.4 is 16.0 Å². The molecule has 2 aromatic rings. The Morgan fingerprint density at radius 1 is 1.17 bits per heavy atom. The summed E-state index contributed by atoms with van der Waals surface area (Å²) < 4.78 is 7.41. The van der Waals surface area contributed by atoms with E-state index in [-0.39, 0.29) is 5.56 Å². The summed E-state index contributed by atoms with van der Waals surface area (Å²) in [5.74, 6) is -0.157. The van der Waals surface area contributed by atoms with E-state index in [0.29, 0.717) is 5.75 Å². The van der Waals surface area contributed by atoms with Gasteiger partial charge in [0, 0.05) is 26.4 Å². The quantitative estimate of drug-likeness (QED) is 0.484. The maximum absolute atomic E-state index is 11.9. The molecule has 0 spiro atoms. The SMILES string of the molecule is CCc1ccc(OC(=O)/C=C/c2cn(C)c(=O)n(C)c2=O)cc1. The highest BCUT2D eigenvalue weighted by atomic mass is 16.5. The Bertz CT molecular complexity index is 858. The number of rotatable bonds is 4. The molecule has 23 heavy (non-hydrogen) atoms. The molecule has 0 fully saturated rings. The summed E-state index contributed by atoms with van der Waals surface area (Å²) in [4.78, 5) is 35.3. The summed E-state index contributed by atoms with van der Waals surface area (Å²) in [6.07, 6.45) is 4.79. The molecule has 6 nitrogen and oxygen atoms in total. The summed E-state index contributed by atoms with van der Waals surface area (Å²) >= 11 is 0. The van der Waals surface area contributed by atoms with E-state index in [0.717, 1.165) is 22.6 Å². The first-order valence-corrected chi connectivity index (χ1v) is 7.18. The van der Waals surface area contributed by atoms with E-state index in [4.69, 9.17) is 4.74 Å². The summed E-state index contributed by atoms with van der Waals surface area (Å²) in [6, 6.07) is 7.20. The zero-order valence-electron chi connectivity index (χ0n) is 13.3. The fraction of sp³-hybridized carbons (Fsp3) is 0.235. The van der Waals surface area contributed by atoms with Crippen LogP contribution in [-0.4, -0.2) is 15.1 Å². The third kappa shape index (κ3) is 3.85. The summed E-state index contributed by atoms with van der Waals surface area (Å²) in [6.45, 7) is 2.04. The minimum Gasteiger partial charge on any atom is -0.423 e. The lowest BCUT2D eigenvalue weighted by Gasteiger charge is -2.04. The lowest BCUT2D eigenvalue weighted by Crippen LogP contribution is -2.37. The van der Waals surface area contributed by atoms with Crippen LogP contribution in [0.5, 0.6) is 5.75 Å². The highest BCUT2D eigenvalue weighted by Crippen LogP contribution is 2.12. The average molecular weight is 314 g/mol. The topological polar surface area (TPSA) is 70.3 Å². The zero-order valence-corrected chi connectivity index (χ0v) is 13.3. The Labute approximate surface area is 133 Å². The molecule has 120 valence electrons. The van der Waals surface area contributed by atoms with Gasteiger partial charge < -0.3 is 9.30 Å². The predicted molar refractivity (Wildman–Crippen MR) is 87.4 cm³/mol. The van der Waals surface area contributed by atoms with Crippen LogP contribution in [0.4, 0.5) is 0 Å². The third-order valence-electron chi connectivity index (χ3n) is 3.42. The number of esters is 1. The second kappa shape index (κ2) is 6.91. The molecule has 0 aliphatic heterocycles. The van der Waals surface area contributed by atoms with Crippen molar-refractivity contribution in [1.82, 2.24) is 9.13 Å². The average Bonchev–Trinajstić information content (AvgIpc) is 2.55. The van der Waals surface area contributed by atoms with Gasteiger partial charge in [0.05, 0.1) is 5.56 Å². The van der Waals surface area contributed by atoms with E-state index in [1.165, 1.54) is 30.9 Å². The normalized spacial score (nSPS) is 10.9. The number of ether oxygens (including phenoxy) is 1. The molecule has 0 aliphatic rings. The van der Waals surface area contributed by atoms with Crippen molar-refractivity contribution >= 4 is 12.0 Å². The number of carbonyl (C=O) groups excluding carboxylic acids is 1. The maximum Gasteiger partial charge on any atom is 0.336 e. The van der Waals surface area contributed by atoms with E-state index in [9.17, 15) is 14.4 Å². The van der Waals surface area contributed by atoms with Crippen molar-refractivity contribution in [2.75, 3.05) is 0 Å². The molecular weight excluding hydrogens is 296 g/mol. The Hall–Kier alpha value is -2.89. The first-order chi connectivity index (χ1) is 10.9. The fourth-order valence-corrected chi connectivity index (χ4v) is 2.05. The van der Waals surface area contributed by atoms with Crippen molar-refractivity contribution in [3.63, 3.8) is 0 Å². The van der Waals surface area contributed by atoms with Gasteiger partial charge >= 0.3 is 11.7 Å². The van der Waals surface area contributed by atoms with Gasteiger partial charge in [0.15, 0.2) is 0 Å². The molecule has 6 heteroatoms. The minimum absolute atomic E-state index is 0.230. The molecule has 1 aromatic heterocycles. The second-order valence-corrected chi connectivity index (χ2v) is 5.09. The van der Waals surface area contributed by atoms with Gasteiger partial charge in [-0.3, -0.25) is 9.36 Å². The molecule has 0 aliphatic carbocycles. The van der Waals surface area contributed by atoms with Gasteiger partial charge in [0.2, 0.25) is 0 Å². The zero-order chi connectivity index (χ0) is 17.0. The Morgan fingerprint density at radius 2 is 1.83 bits per heavy atom. The van der Waals surface area contributed by atoms with E-state index in [1.54, 1.807) is 12.1 Å². The number of benzene rings is 1. The van der Waals surface area contributed by atoms with Gasteiger partial charge in [-0.25, -0.2) is 9.59 Å². The number of carbonyl (C=O) groups is 1. The first kappa shape index (κ1) is 16.5. The predicted octanol–water partition coefficient (Wildman–Crippen LogP) is 1.27. The molecule has 0 saturated heterocycles. The molecule has 1 heterocycles. The molecule has 2 rings (SSSR count). The van der Waals surface area contributed by atoms with E-state index in [2.05, 4.69) is 0 Å². The highest BCUT2D eigenvalue weighted by molar-refractivity contribution is 5.88. The molecule has 0 N–H and O–H groups in total. The highest BCUT2D eigenvalue weighted by Gasteiger charge is 2.05. The Morgan fingerprint density at radius 3 is 2.43 bits per heavy atom. The van der Waals surface area contributed by atoms with Gasteiger partial charge in [0.1, 0.15) is 5.75 Å². The third-order valence-corrected chi connectivity index (χ3v) is 3.42. The van der Waals surface area contributed by atoms with Crippen molar-refractivity contribution in [3.8, 4) is 5.75 Å². The van der Waals surface area contributed by atoms with Gasteiger partial charge in [-0.1, -0.05) is 19.1 Å². The van der Waals surface area contributed by atoms with Gasteiger partial charge in [-0.15, -0.1) is 0 Å². The standard InChI is InChI=1S/C17H18N2O4/c1-4-12-5-8-14(9-6-12)23-15(20)10-7-13-11-18(2)17(22)19(3)16(13)21/h5-11H,4H2,1-3H3/b10-7+. The fourth-order valence-electron chi connectivity index (χ4n) is 2.05. The van der Waals surface area contributed by atoms with Crippen LogP contribution >= 0.6 is 0 Å². The molecule has 1 aromatic carbocycles. The summed E-state index contributed by atoms with van der Waals surface area (Å²) in [5, 5.41) is 0. The number of hydrogen-bond donors (Lipinski definition) is 0. The lowest BCUT2D eigenvalue weighted by atomic mass is 10.2. The van der Waals surface area contributed by atoms with Crippen LogP contribution in [0.3, 0.4) is 0 Å². The van der Waals surface area contributed by atoms with E-state index < -0.39 is 17.2 Å². The molecule has 0 unspecified atom stereocenters. The monoisotopic (exact) mass is 314 g/mol. The largest absolute Gasteiger partial charge is 0.423 e. The van der Waals surface area contributed by atoms with E-state index in [1.807, 2.05) is 19.1 Å². The van der Waals surface area contributed by atoms with Crippen molar-refractivity contribution in [3.05, 3.63) is 68.5 Å². The smallest absolute Gasteiger partial charge is 0.336 e. The summed E-state index contributed by atoms with van der Waals surface area (Å²) in [7, 11) is 2.92. The van der Waals surface area contributed by atoms with Crippen LogP contribution in [0.15, 0.2) is 46.1 Å². The van der Waals surface area contributed by atoms with Crippen molar-refractivity contribution in [2.45, 2.75) is 13.3 Å². The van der Waals surface area contributed by atoms with Gasteiger partial charge in [-0.2, -0.15) is 0 Å². The van der Waals surface area contributed by atoms with Crippen molar-refractivity contribution in [2.24, 2.45) is 14.1 Å². The molecular formula is C17H18N2O4. The van der Waals surface area contributed by atoms with Gasteiger partial charge in [-0.05, 0) is 30.2 Å². The van der Waals surface area contributed by atoms with Crippen LogP contribution in [-0.2, 0) is 25.3 Å². The van der Waals surface area contributed by atoms with Gasteiger partial charge in [0.25, 0.3) is 5.56 Å². The van der Waals surface area contributed by atoms with Crippen LogP contribution in [0.1, 0.15) is 18.1 Å². The molecule has 0 amide bonds. The van der Waals surface area contributed by atoms with Crippen LogP contribution in [0.25, 0.3) is 6.08 Å². The molecule has 0 atom stereocenters. The van der Waals surface area contributed by atoms with E-state index >= 15 is 0 Å². The van der Waals surface area contributed by atoms with Crippen LogP contribution in [0, 0.1) is 0 Å². The number of hydrogen-bond acceptors (Lipinski definition) is 4. The van der Waals surface area contributed by atoms with Crippen LogP contribution in [0.2, 0.25) is 0 Å². The Balaban J connectivity index is 2.15. The minimum atomic E-state index is -0.592. The molecule has 0 bridgehead atoms. The number of aromatic nitrogens is 2. The Kier molecular flexibility index (Phi) is 4.95. The maximum atomic E-state index is 11.9. The summed E-state index contributed by atoms with van der Waals surface area (Å²) in [5.41, 5.74) is 0.483. The van der Waals surface area contributed by atoms with Crippen molar-refractivity contribution in [1.29, 1.82) is 0 Å². The second-order valence-electron chi connectivity index (χ2n) is 5.09. The first-order valence-electron chi connectivity index (χ1n) is 7.18. The molecule has 0 saturated carbocycles. The number of nitrogens with zero attached hydrogens (tertiary/aromatic N) is 2. The van der Waals surface area contributed by atoms with Crippen molar-refractivity contribution < 1.29 is 9.53 Å². The molecule has 0 radical (unpaired) electrons. The lowest BCUT2D eigenvalue weighted by molar-refractivity contribution is -0.128. The number of aryl methyl sites for hydroxylation is 2.